The molecule has 1 aromatic carbocycles. The van der Waals surface area contributed by atoms with E-state index in [-0.39, 0.29) is 11.8 Å². The number of hydrogen-bond donors (Lipinski definition) is 2. The number of nitrogens with one attached hydrogen (secondary N) is 1. The number of rotatable bonds is 9. The van der Waals surface area contributed by atoms with Crippen LogP contribution in [0.5, 0.6) is 0 Å². The summed E-state index contributed by atoms with van der Waals surface area (Å²) < 4.78 is 5.47. The lowest BCUT2D eigenvalue weighted by Gasteiger charge is -2.15. The van der Waals surface area contributed by atoms with Crippen molar-refractivity contribution in [1.82, 2.24) is 5.32 Å². The number of hydrogen-bond acceptors (Lipinski definition) is 3. The molecule has 0 saturated carbocycles. The summed E-state index contributed by atoms with van der Waals surface area (Å²) in [6.45, 7) is 6.63. The van der Waals surface area contributed by atoms with Gasteiger partial charge in [0.1, 0.15) is 0 Å². The first-order valence-corrected chi connectivity index (χ1v) is 7.25. The van der Waals surface area contributed by atoms with Gasteiger partial charge in [0.05, 0.1) is 5.92 Å². The Kier molecular flexibility index (Phi) is 7.92. The molecule has 0 aromatic heterocycles. The molecule has 0 bridgehead atoms. The first-order chi connectivity index (χ1) is 9.65. The predicted octanol–water partition coefficient (Wildman–Crippen LogP) is 1.91. The first-order valence-electron chi connectivity index (χ1n) is 7.25. The van der Waals surface area contributed by atoms with Gasteiger partial charge in [0, 0.05) is 26.3 Å². The fourth-order valence-corrected chi connectivity index (χ4v) is 1.91. The molecule has 0 aliphatic rings. The van der Waals surface area contributed by atoms with Crippen molar-refractivity contribution in [3.05, 3.63) is 35.9 Å². The smallest absolute Gasteiger partial charge is 0.228 e. The van der Waals surface area contributed by atoms with Crippen molar-refractivity contribution in [3.8, 4) is 0 Å². The predicted molar refractivity (Wildman–Crippen MR) is 81.5 cm³/mol. The summed E-state index contributed by atoms with van der Waals surface area (Å²) in [5.74, 6) is 0.264. The molecule has 0 heterocycles. The van der Waals surface area contributed by atoms with E-state index in [1.54, 1.807) is 0 Å². The number of benzene rings is 1. The van der Waals surface area contributed by atoms with E-state index in [9.17, 15) is 4.79 Å². The minimum Gasteiger partial charge on any atom is -0.381 e. The molecular weight excluding hydrogens is 252 g/mol. The molecule has 0 aliphatic heterocycles. The number of carbonyl (C=O) groups excluding carboxylic acids is 1. The third kappa shape index (κ3) is 6.17. The monoisotopic (exact) mass is 278 g/mol. The van der Waals surface area contributed by atoms with E-state index >= 15 is 0 Å². The summed E-state index contributed by atoms with van der Waals surface area (Å²) in [4.78, 5) is 12.1. The van der Waals surface area contributed by atoms with E-state index in [2.05, 4.69) is 19.2 Å². The number of carbonyl (C=O) groups is 1. The Hall–Kier alpha value is -1.39. The molecule has 0 spiro atoms. The lowest BCUT2D eigenvalue weighted by atomic mass is 9.98. The molecule has 20 heavy (non-hydrogen) atoms. The van der Waals surface area contributed by atoms with Gasteiger partial charge in [-0.3, -0.25) is 4.79 Å². The van der Waals surface area contributed by atoms with Crippen LogP contribution in [0.2, 0.25) is 0 Å². The molecule has 0 fully saturated rings. The van der Waals surface area contributed by atoms with Gasteiger partial charge in [-0.15, -0.1) is 0 Å². The Morgan fingerprint density at radius 3 is 2.60 bits per heavy atom. The van der Waals surface area contributed by atoms with Gasteiger partial charge in [0.15, 0.2) is 0 Å². The Morgan fingerprint density at radius 1 is 1.30 bits per heavy atom. The maximum atomic E-state index is 12.1. The van der Waals surface area contributed by atoms with E-state index < -0.39 is 0 Å². The van der Waals surface area contributed by atoms with E-state index in [1.165, 1.54) is 0 Å². The Balaban J connectivity index is 2.27. The van der Waals surface area contributed by atoms with Crippen molar-refractivity contribution in [2.24, 2.45) is 11.7 Å². The van der Waals surface area contributed by atoms with Crippen molar-refractivity contribution < 1.29 is 9.53 Å². The second kappa shape index (κ2) is 9.50. The molecule has 0 aliphatic carbocycles. The standard InChI is InChI=1S/C16H26N2O2/c1-13(2)12-20-10-6-9-18-16(19)15(11-17)14-7-4-3-5-8-14/h3-5,7-8,13,15H,6,9-12,17H2,1-2H3,(H,18,19). The summed E-state index contributed by atoms with van der Waals surface area (Å²) in [7, 11) is 0. The molecule has 1 atom stereocenters. The van der Waals surface area contributed by atoms with Gasteiger partial charge in [0.2, 0.25) is 5.91 Å². The maximum Gasteiger partial charge on any atom is 0.228 e. The number of ether oxygens (including phenoxy) is 1. The minimum absolute atomic E-state index is 0.0115. The van der Waals surface area contributed by atoms with Crippen LogP contribution in [0.25, 0.3) is 0 Å². The van der Waals surface area contributed by atoms with Crippen molar-refractivity contribution in [2.45, 2.75) is 26.2 Å². The molecule has 4 nitrogen and oxygen atoms in total. The van der Waals surface area contributed by atoms with E-state index in [0.29, 0.717) is 25.6 Å². The van der Waals surface area contributed by atoms with Gasteiger partial charge in [-0.2, -0.15) is 0 Å². The highest BCUT2D eigenvalue weighted by Crippen LogP contribution is 2.13. The lowest BCUT2D eigenvalue weighted by Crippen LogP contribution is -2.34. The third-order valence-corrected chi connectivity index (χ3v) is 2.97. The molecule has 4 heteroatoms. The molecule has 112 valence electrons. The zero-order valence-corrected chi connectivity index (χ0v) is 12.5. The van der Waals surface area contributed by atoms with Crippen molar-refractivity contribution in [2.75, 3.05) is 26.3 Å². The maximum absolute atomic E-state index is 12.1. The molecule has 3 N–H and O–H groups in total. The van der Waals surface area contributed by atoms with Crippen LogP contribution in [-0.2, 0) is 9.53 Å². The molecule has 1 rings (SSSR count). The lowest BCUT2D eigenvalue weighted by molar-refractivity contribution is -0.122. The molecule has 0 saturated heterocycles. The summed E-state index contributed by atoms with van der Waals surface area (Å²) in [5.41, 5.74) is 6.67. The Bertz CT molecular complexity index is 379. The fourth-order valence-electron chi connectivity index (χ4n) is 1.91. The minimum atomic E-state index is -0.271. The van der Waals surface area contributed by atoms with Crippen LogP contribution in [0, 0.1) is 5.92 Å². The van der Waals surface area contributed by atoms with Crippen LogP contribution < -0.4 is 11.1 Å². The molecule has 1 unspecified atom stereocenters. The van der Waals surface area contributed by atoms with Crippen LogP contribution in [0.1, 0.15) is 31.7 Å². The van der Waals surface area contributed by atoms with Gasteiger partial charge in [-0.05, 0) is 17.9 Å². The van der Waals surface area contributed by atoms with Crippen molar-refractivity contribution in [1.29, 1.82) is 0 Å². The van der Waals surface area contributed by atoms with Gasteiger partial charge in [-0.25, -0.2) is 0 Å². The highest BCUT2D eigenvalue weighted by molar-refractivity contribution is 5.83. The highest BCUT2D eigenvalue weighted by Gasteiger charge is 2.17. The molecule has 1 amide bonds. The van der Waals surface area contributed by atoms with Crippen LogP contribution in [0.4, 0.5) is 0 Å². The van der Waals surface area contributed by atoms with Gasteiger partial charge < -0.3 is 15.8 Å². The molecule has 1 aromatic rings. The Morgan fingerprint density at radius 2 is 2.00 bits per heavy atom. The van der Waals surface area contributed by atoms with E-state index in [1.807, 2.05) is 30.3 Å². The largest absolute Gasteiger partial charge is 0.381 e. The molecule has 0 radical (unpaired) electrons. The average molecular weight is 278 g/mol. The summed E-state index contributed by atoms with van der Waals surface area (Å²) >= 11 is 0. The van der Waals surface area contributed by atoms with E-state index in [4.69, 9.17) is 10.5 Å². The SMILES string of the molecule is CC(C)COCCCNC(=O)C(CN)c1ccccc1. The van der Waals surface area contributed by atoms with Crippen molar-refractivity contribution >= 4 is 5.91 Å². The second-order valence-electron chi connectivity index (χ2n) is 5.31. The zero-order chi connectivity index (χ0) is 14.8. The van der Waals surface area contributed by atoms with Crippen LogP contribution in [0.3, 0.4) is 0 Å². The number of nitrogens with two attached hydrogens (primary N) is 1. The quantitative estimate of drug-likeness (QED) is 0.678. The van der Waals surface area contributed by atoms with Crippen LogP contribution in [-0.4, -0.2) is 32.2 Å². The summed E-state index contributed by atoms with van der Waals surface area (Å²) in [5, 5.41) is 2.92. The molecular formula is C16H26N2O2. The number of amides is 1. The summed E-state index contributed by atoms with van der Waals surface area (Å²) in [6.07, 6.45) is 0.824. The van der Waals surface area contributed by atoms with Crippen LogP contribution >= 0.6 is 0 Å². The highest BCUT2D eigenvalue weighted by atomic mass is 16.5. The fraction of sp³-hybridized carbons (Fsp3) is 0.562. The first kappa shape index (κ1) is 16.7. The van der Waals surface area contributed by atoms with E-state index in [0.717, 1.165) is 18.6 Å². The second-order valence-corrected chi connectivity index (χ2v) is 5.31. The third-order valence-electron chi connectivity index (χ3n) is 2.97. The summed E-state index contributed by atoms with van der Waals surface area (Å²) in [6, 6.07) is 9.64. The topological polar surface area (TPSA) is 64.3 Å². The average Bonchev–Trinajstić information content (AvgIpc) is 2.44. The van der Waals surface area contributed by atoms with Gasteiger partial charge in [0.25, 0.3) is 0 Å². The van der Waals surface area contributed by atoms with Gasteiger partial charge in [-0.1, -0.05) is 44.2 Å². The van der Waals surface area contributed by atoms with Crippen LogP contribution in [0.15, 0.2) is 30.3 Å². The van der Waals surface area contributed by atoms with Gasteiger partial charge >= 0.3 is 0 Å². The zero-order valence-electron chi connectivity index (χ0n) is 12.5. The normalized spacial score (nSPS) is 12.4. The Labute approximate surface area is 121 Å². The van der Waals surface area contributed by atoms with Crippen molar-refractivity contribution in [3.63, 3.8) is 0 Å².